The van der Waals surface area contributed by atoms with Crippen molar-refractivity contribution in [2.24, 2.45) is 5.10 Å². The minimum atomic E-state index is 0.167. The van der Waals surface area contributed by atoms with E-state index in [1.807, 2.05) is 37.3 Å². The third kappa shape index (κ3) is 2.92. The van der Waals surface area contributed by atoms with Gasteiger partial charge in [0.05, 0.1) is 11.2 Å². The summed E-state index contributed by atoms with van der Waals surface area (Å²) in [6, 6.07) is 11.5. The average Bonchev–Trinajstić information content (AvgIpc) is 3.20. The second-order valence-corrected chi connectivity index (χ2v) is 6.25. The van der Waals surface area contributed by atoms with E-state index in [1.165, 1.54) is 0 Å². The Morgan fingerprint density at radius 2 is 2.16 bits per heavy atom. The first-order chi connectivity index (χ1) is 12.1. The summed E-state index contributed by atoms with van der Waals surface area (Å²) < 4.78 is 12.7. The van der Waals surface area contributed by atoms with Gasteiger partial charge in [-0.15, -0.1) is 0 Å². The number of halogens is 1. The molecule has 0 amide bonds. The lowest BCUT2D eigenvalue weighted by Crippen LogP contribution is -1.96. The number of aromatic nitrogens is 3. The van der Waals surface area contributed by atoms with Crippen molar-refractivity contribution in [3.8, 4) is 22.9 Å². The van der Waals surface area contributed by atoms with E-state index in [4.69, 9.17) is 33.3 Å². The van der Waals surface area contributed by atoms with Crippen molar-refractivity contribution >= 4 is 30.0 Å². The highest BCUT2D eigenvalue weighted by Gasteiger charge is 2.18. The molecule has 3 aromatic rings. The largest absolute Gasteiger partial charge is 0.454 e. The molecule has 2 aromatic carbocycles. The predicted octanol–water partition coefficient (Wildman–Crippen LogP) is 4.18. The molecule has 126 valence electrons. The molecule has 0 aliphatic carbocycles. The van der Waals surface area contributed by atoms with Crippen molar-refractivity contribution in [2.75, 3.05) is 6.79 Å². The minimum Gasteiger partial charge on any atom is -0.454 e. The first-order valence-electron chi connectivity index (χ1n) is 7.50. The van der Waals surface area contributed by atoms with Crippen molar-refractivity contribution in [3.05, 3.63) is 57.3 Å². The zero-order valence-electron chi connectivity index (χ0n) is 13.2. The van der Waals surface area contributed by atoms with Crippen LogP contribution in [0.2, 0.25) is 5.02 Å². The molecule has 0 radical (unpaired) electrons. The molecule has 0 fully saturated rings. The Morgan fingerprint density at radius 3 is 3.00 bits per heavy atom. The summed E-state index contributed by atoms with van der Waals surface area (Å²) in [7, 11) is 0. The number of aryl methyl sites for hydroxylation is 1. The predicted molar refractivity (Wildman–Crippen MR) is 98.2 cm³/mol. The first kappa shape index (κ1) is 15.9. The number of ether oxygens (including phenoxy) is 2. The van der Waals surface area contributed by atoms with E-state index in [0.29, 0.717) is 27.1 Å². The topological polar surface area (TPSA) is 64.4 Å². The SMILES string of the molecule is Cc1ccccc1-c1n[nH]c(=S)n1/N=C\c1cc(Cl)c2c(c1)OCO2. The van der Waals surface area contributed by atoms with Gasteiger partial charge in [-0.25, -0.2) is 5.10 Å². The number of nitrogens with zero attached hydrogens (tertiary/aromatic N) is 3. The Morgan fingerprint density at radius 1 is 1.32 bits per heavy atom. The molecule has 1 aromatic heterocycles. The summed E-state index contributed by atoms with van der Waals surface area (Å²) in [6.45, 7) is 2.18. The first-order valence-corrected chi connectivity index (χ1v) is 8.29. The summed E-state index contributed by atoms with van der Waals surface area (Å²) in [5.74, 6) is 1.80. The van der Waals surface area contributed by atoms with Gasteiger partial charge >= 0.3 is 0 Å². The van der Waals surface area contributed by atoms with Crippen molar-refractivity contribution < 1.29 is 9.47 Å². The number of H-pyrrole nitrogens is 1. The molecular formula is C17H13ClN4O2S. The summed E-state index contributed by atoms with van der Waals surface area (Å²) >= 11 is 11.5. The highest BCUT2D eigenvalue weighted by Crippen LogP contribution is 2.39. The number of rotatable bonds is 3. The highest BCUT2D eigenvalue weighted by molar-refractivity contribution is 7.71. The van der Waals surface area contributed by atoms with Crippen LogP contribution in [-0.4, -0.2) is 27.9 Å². The van der Waals surface area contributed by atoms with Crippen LogP contribution in [0.3, 0.4) is 0 Å². The van der Waals surface area contributed by atoms with Gasteiger partial charge in [-0.05, 0) is 42.4 Å². The Labute approximate surface area is 153 Å². The van der Waals surface area contributed by atoms with Crippen LogP contribution >= 0.6 is 23.8 Å². The van der Waals surface area contributed by atoms with Gasteiger partial charge in [-0.3, -0.25) is 0 Å². The summed E-state index contributed by atoms with van der Waals surface area (Å²) in [6.07, 6.45) is 1.65. The van der Waals surface area contributed by atoms with Crippen LogP contribution in [0.1, 0.15) is 11.1 Å². The molecule has 0 saturated carbocycles. The van der Waals surface area contributed by atoms with Gasteiger partial charge < -0.3 is 9.47 Å². The van der Waals surface area contributed by atoms with Gasteiger partial charge in [0, 0.05) is 5.56 Å². The molecule has 0 unspecified atom stereocenters. The Bertz CT molecular complexity index is 1040. The van der Waals surface area contributed by atoms with E-state index in [0.717, 1.165) is 16.7 Å². The minimum absolute atomic E-state index is 0.167. The fraction of sp³-hybridized carbons (Fsp3) is 0.118. The summed E-state index contributed by atoms with van der Waals surface area (Å²) in [5.41, 5.74) is 2.81. The molecule has 0 bridgehead atoms. The van der Waals surface area contributed by atoms with Gasteiger partial charge in [-0.2, -0.15) is 14.9 Å². The van der Waals surface area contributed by atoms with E-state index >= 15 is 0 Å². The van der Waals surface area contributed by atoms with Crippen LogP contribution < -0.4 is 9.47 Å². The fourth-order valence-electron chi connectivity index (χ4n) is 2.58. The standard InChI is InChI=1S/C17H13ClN4O2S/c1-10-4-2-3-5-12(10)16-20-21-17(25)22(16)19-8-11-6-13(18)15-14(7-11)23-9-24-15/h2-8H,9H2,1H3,(H,21,25)/b19-8-. The monoisotopic (exact) mass is 372 g/mol. The zero-order valence-corrected chi connectivity index (χ0v) is 14.8. The van der Waals surface area contributed by atoms with E-state index in [-0.39, 0.29) is 6.79 Å². The third-order valence-corrected chi connectivity index (χ3v) is 4.35. The molecule has 4 rings (SSSR count). The smallest absolute Gasteiger partial charge is 0.231 e. The lowest BCUT2D eigenvalue weighted by Gasteiger charge is -2.04. The van der Waals surface area contributed by atoms with Gasteiger partial charge in [0.15, 0.2) is 17.3 Å². The molecule has 6 nitrogen and oxygen atoms in total. The van der Waals surface area contributed by atoms with Gasteiger partial charge in [0.1, 0.15) is 0 Å². The third-order valence-electron chi connectivity index (χ3n) is 3.81. The molecule has 8 heteroatoms. The Kier molecular flexibility index (Phi) is 4.03. The highest BCUT2D eigenvalue weighted by atomic mass is 35.5. The molecule has 1 N–H and O–H groups in total. The lowest BCUT2D eigenvalue weighted by atomic mass is 10.1. The lowest BCUT2D eigenvalue weighted by molar-refractivity contribution is 0.174. The van der Waals surface area contributed by atoms with E-state index in [9.17, 15) is 0 Å². The van der Waals surface area contributed by atoms with Crippen LogP contribution in [0.15, 0.2) is 41.5 Å². The number of hydrogen-bond acceptors (Lipinski definition) is 5. The summed E-state index contributed by atoms with van der Waals surface area (Å²) in [4.78, 5) is 0. The second-order valence-electron chi connectivity index (χ2n) is 5.46. The van der Waals surface area contributed by atoms with E-state index in [1.54, 1.807) is 17.0 Å². The normalized spacial score (nSPS) is 12.9. The van der Waals surface area contributed by atoms with E-state index in [2.05, 4.69) is 15.3 Å². The molecule has 1 aliphatic rings. The zero-order chi connectivity index (χ0) is 17.4. The average molecular weight is 373 g/mol. The fourth-order valence-corrected chi connectivity index (χ4v) is 3.04. The molecule has 2 heterocycles. The quantitative estimate of drug-likeness (QED) is 0.553. The van der Waals surface area contributed by atoms with Crippen molar-refractivity contribution in [2.45, 2.75) is 6.92 Å². The maximum atomic E-state index is 6.20. The number of hydrogen-bond donors (Lipinski definition) is 1. The van der Waals surface area contributed by atoms with Crippen LogP contribution in [0, 0.1) is 11.7 Å². The molecule has 0 spiro atoms. The van der Waals surface area contributed by atoms with Gasteiger partial charge in [0.2, 0.25) is 11.6 Å². The molecule has 0 saturated heterocycles. The second kappa shape index (κ2) is 6.34. The van der Waals surface area contributed by atoms with Crippen LogP contribution in [0.5, 0.6) is 11.5 Å². The van der Waals surface area contributed by atoms with E-state index < -0.39 is 0 Å². The van der Waals surface area contributed by atoms with Crippen LogP contribution in [0.4, 0.5) is 0 Å². The number of aromatic amines is 1. The molecule has 25 heavy (non-hydrogen) atoms. The van der Waals surface area contributed by atoms with Crippen molar-refractivity contribution in [1.82, 2.24) is 14.9 Å². The summed E-state index contributed by atoms with van der Waals surface area (Å²) in [5, 5.41) is 12.0. The Balaban J connectivity index is 1.74. The number of benzene rings is 2. The van der Waals surface area contributed by atoms with Crippen molar-refractivity contribution in [1.29, 1.82) is 0 Å². The maximum absolute atomic E-state index is 6.20. The van der Waals surface area contributed by atoms with Gasteiger partial charge in [0.25, 0.3) is 0 Å². The molecule has 0 atom stereocenters. The van der Waals surface area contributed by atoms with Crippen molar-refractivity contribution in [3.63, 3.8) is 0 Å². The number of nitrogens with one attached hydrogen (secondary N) is 1. The molecule has 1 aliphatic heterocycles. The Hall–Kier alpha value is -2.64. The van der Waals surface area contributed by atoms with Gasteiger partial charge in [-0.1, -0.05) is 35.9 Å². The van der Waals surface area contributed by atoms with Crippen LogP contribution in [-0.2, 0) is 0 Å². The maximum Gasteiger partial charge on any atom is 0.231 e. The van der Waals surface area contributed by atoms with Crippen LogP contribution in [0.25, 0.3) is 11.4 Å². The molecular weight excluding hydrogens is 360 g/mol. The number of fused-ring (bicyclic) bond motifs is 1.